The van der Waals surface area contributed by atoms with Crippen molar-refractivity contribution in [2.75, 3.05) is 0 Å². The number of aliphatic hydroxyl groups is 1. The first kappa shape index (κ1) is 9.32. The van der Waals surface area contributed by atoms with Crippen molar-refractivity contribution in [3.8, 4) is 0 Å². The molecule has 1 fully saturated rings. The molecule has 0 aliphatic heterocycles. The van der Waals surface area contributed by atoms with Gasteiger partial charge in [0.15, 0.2) is 0 Å². The Morgan fingerprint density at radius 2 is 2.00 bits per heavy atom. The summed E-state index contributed by atoms with van der Waals surface area (Å²) in [5, 5.41) is 20.2. The van der Waals surface area contributed by atoms with Crippen LogP contribution in [0.2, 0.25) is 0 Å². The maximum Gasteiger partial charge on any atom is 0.404 e. The number of aliphatic hydroxyl groups excluding tert-OH is 1. The minimum absolute atomic E-state index is 0.0556. The molecule has 0 aromatic rings. The predicted molar refractivity (Wildman–Crippen MR) is 44.0 cm³/mol. The first-order valence-corrected chi connectivity index (χ1v) is 4.36. The average molecular weight is 173 g/mol. The zero-order valence-corrected chi connectivity index (χ0v) is 6.99. The number of carboxylic acid groups (broad SMARTS) is 1. The molecule has 0 heterocycles. The van der Waals surface area contributed by atoms with Crippen LogP contribution in [0.4, 0.5) is 4.79 Å². The lowest BCUT2D eigenvalue weighted by Gasteiger charge is -2.15. The van der Waals surface area contributed by atoms with E-state index in [-0.39, 0.29) is 12.1 Å². The Labute approximate surface area is 71.6 Å². The smallest absolute Gasteiger partial charge is 0.404 e. The van der Waals surface area contributed by atoms with Gasteiger partial charge in [-0.05, 0) is 19.3 Å². The van der Waals surface area contributed by atoms with Gasteiger partial charge in [0.25, 0.3) is 0 Å². The van der Waals surface area contributed by atoms with E-state index in [0.29, 0.717) is 6.42 Å². The molecule has 0 bridgehead atoms. The SMILES string of the molecule is O=C(O)N[C@@H]1CCCC[C@H](O)C1. The molecule has 0 unspecified atom stereocenters. The van der Waals surface area contributed by atoms with E-state index in [1.165, 1.54) is 0 Å². The summed E-state index contributed by atoms with van der Waals surface area (Å²) in [6.07, 6.45) is 2.90. The minimum Gasteiger partial charge on any atom is -0.465 e. The molecule has 1 amide bonds. The summed E-state index contributed by atoms with van der Waals surface area (Å²) >= 11 is 0. The second-order valence-corrected chi connectivity index (χ2v) is 3.32. The molecule has 70 valence electrons. The molecule has 4 nitrogen and oxygen atoms in total. The summed E-state index contributed by atoms with van der Waals surface area (Å²) in [6, 6.07) is -0.0556. The Bertz CT molecular complexity index is 160. The standard InChI is InChI=1S/C8H15NO3/c10-7-4-2-1-3-6(5-7)9-8(11)12/h6-7,9-10H,1-5H2,(H,11,12)/t6-,7+/m1/s1. The summed E-state index contributed by atoms with van der Waals surface area (Å²) in [4.78, 5) is 10.3. The lowest BCUT2D eigenvalue weighted by Crippen LogP contribution is -2.35. The third-order valence-corrected chi connectivity index (χ3v) is 2.22. The van der Waals surface area contributed by atoms with E-state index in [1.807, 2.05) is 0 Å². The van der Waals surface area contributed by atoms with Crippen LogP contribution in [0.15, 0.2) is 0 Å². The van der Waals surface area contributed by atoms with Gasteiger partial charge in [-0.1, -0.05) is 12.8 Å². The highest BCUT2D eigenvalue weighted by molar-refractivity contribution is 5.64. The van der Waals surface area contributed by atoms with Gasteiger partial charge in [0.1, 0.15) is 0 Å². The first-order chi connectivity index (χ1) is 5.68. The van der Waals surface area contributed by atoms with Gasteiger partial charge in [0, 0.05) is 6.04 Å². The Balaban J connectivity index is 2.35. The number of hydrogen-bond donors (Lipinski definition) is 3. The van der Waals surface area contributed by atoms with E-state index in [0.717, 1.165) is 25.7 Å². The van der Waals surface area contributed by atoms with E-state index >= 15 is 0 Å². The monoisotopic (exact) mass is 173 g/mol. The summed E-state index contributed by atoms with van der Waals surface area (Å²) in [5.74, 6) is 0. The predicted octanol–water partition coefficient (Wildman–Crippen LogP) is 0.948. The van der Waals surface area contributed by atoms with E-state index in [9.17, 15) is 9.90 Å². The van der Waals surface area contributed by atoms with Gasteiger partial charge in [-0.25, -0.2) is 4.79 Å². The van der Waals surface area contributed by atoms with Crippen LogP contribution in [-0.2, 0) is 0 Å². The van der Waals surface area contributed by atoms with Gasteiger partial charge in [-0.3, -0.25) is 0 Å². The molecule has 1 aliphatic rings. The fraction of sp³-hybridized carbons (Fsp3) is 0.875. The molecule has 2 atom stereocenters. The van der Waals surface area contributed by atoms with E-state index in [1.54, 1.807) is 0 Å². The van der Waals surface area contributed by atoms with Crippen LogP contribution in [0.3, 0.4) is 0 Å². The molecule has 3 N–H and O–H groups in total. The van der Waals surface area contributed by atoms with E-state index in [4.69, 9.17) is 5.11 Å². The van der Waals surface area contributed by atoms with Gasteiger partial charge >= 0.3 is 6.09 Å². The van der Waals surface area contributed by atoms with Crippen molar-refractivity contribution < 1.29 is 15.0 Å². The molecule has 0 saturated heterocycles. The lowest BCUT2D eigenvalue weighted by atomic mass is 10.1. The topological polar surface area (TPSA) is 69.6 Å². The number of hydrogen-bond acceptors (Lipinski definition) is 2. The molecule has 0 aromatic heterocycles. The van der Waals surface area contributed by atoms with Crippen molar-refractivity contribution in [2.24, 2.45) is 0 Å². The molecule has 0 aromatic carbocycles. The highest BCUT2D eigenvalue weighted by Crippen LogP contribution is 2.17. The second-order valence-electron chi connectivity index (χ2n) is 3.32. The van der Waals surface area contributed by atoms with E-state index in [2.05, 4.69) is 5.32 Å². The maximum absolute atomic E-state index is 10.3. The van der Waals surface area contributed by atoms with Crippen molar-refractivity contribution in [2.45, 2.75) is 44.2 Å². The Kier molecular flexibility index (Phi) is 3.34. The van der Waals surface area contributed by atoms with Gasteiger partial charge in [0.2, 0.25) is 0 Å². The highest BCUT2D eigenvalue weighted by Gasteiger charge is 2.19. The second kappa shape index (κ2) is 4.30. The molecule has 1 saturated carbocycles. The summed E-state index contributed by atoms with van der Waals surface area (Å²) in [5.41, 5.74) is 0. The summed E-state index contributed by atoms with van der Waals surface area (Å²) in [7, 11) is 0. The largest absolute Gasteiger partial charge is 0.465 e. The maximum atomic E-state index is 10.3. The molecule has 0 spiro atoms. The highest BCUT2D eigenvalue weighted by atomic mass is 16.4. The van der Waals surface area contributed by atoms with E-state index < -0.39 is 6.09 Å². The number of nitrogens with one attached hydrogen (secondary N) is 1. The van der Waals surface area contributed by atoms with Crippen molar-refractivity contribution in [3.05, 3.63) is 0 Å². The van der Waals surface area contributed by atoms with Crippen LogP contribution in [0.1, 0.15) is 32.1 Å². The fourth-order valence-corrected chi connectivity index (χ4v) is 1.64. The quantitative estimate of drug-likeness (QED) is 0.517. The average Bonchev–Trinajstić information content (AvgIpc) is 2.12. The molecule has 0 radical (unpaired) electrons. The summed E-state index contributed by atoms with van der Waals surface area (Å²) in [6.45, 7) is 0. The first-order valence-electron chi connectivity index (χ1n) is 4.36. The molecule has 1 rings (SSSR count). The molecular weight excluding hydrogens is 158 g/mol. The van der Waals surface area contributed by atoms with Crippen LogP contribution in [-0.4, -0.2) is 28.5 Å². The molecule has 4 heteroatoms. The normalized spacial score (nSPS) is 30.8. The zero-order chi connectivity index (χ0) is 8.97. The third-order valence-electron chi connectivity index (χ3n) is 2.22. The summed E-state index contributed by atoms with van der Waals surface area (Å²) < 4.78 is 0. The van der Waals surface area contributed by atoms with Crippen molar-refractivity contribution in [1.82, 2.24) is 5.32 Å². The number of rotatable bonds is 1. The van der Waals surface area contributed by atoms with Crippen LogP contribution in [0.25, 0.3) is 0 Å². The van der Waals surface area contributed by atoms with Gasteiger partial charge in [-0.15, -0.1) is 0 Å². The number of amides is 1. The molecule has 1 aliphatic carbocycles. The Morgan fingerprint density at radius 3 is 2.67 bits per heavy atom. The third kappa shape index (κ3) is 3.09. The van der Waals surface area contributed by atoms with Crippen LogP contribution >= 0.6 is 0 Å². The van der Waals surface area contributed by atoms with Gasteiger partial charge in [0.05, 0.1) is 6.10 Å². The lowest BCUT2D eigenvalue weighted by molar-refractivity contribution is 0.143. The van der Waals surface area contributed by atoms with Gasteiger partial charge in [-0.2, -0.15) is 0 Å². The Morgan fingerprint density at radius 1 is 1.33 bits per heavy atom. The molecule has 12 heavy (non-hydrogen) atoms. The fourth-order valence-electron chi connectivity index (χ4n) is 1.64. The molecular formula is C8H15NO3. The van der Waals surface area contributed by atoms with Crippen molar-refractivity contribution in [1.29, 1.82) is 0 Å². The zero-order valence-electron chi connectivity index (χ0n) is 6.99. The minimum atomic E-state index is -0.992. The van der Waals surface area contributed by atoms with Crippen LogP contribution in [0.5, 0.6) is 0 Å². The Hall–Kier alpha value is -0.770. The van der Waals surface area contributed by atoms with Crippen LogP contribution in [0, 0.1) is 0 Å². The van der Waals surface area contributed by atoms with Crippen molar-refractivity contribution in [3.63, 3.8) is 0 Å². The van der Waals surface area contributed by atoms with Gasteiger partial charge < -0.3 is 15.5 Å². The van der Waals surface area contributed by atoms with Crippen molar-refractivity contribution >= 4 is 6.09 Å². The van der Waals surface area contributed by atoms with Crippen LogP contribution < -0.4 is 5.32 Å². The number of carbonyl (C=O) groups is 1.